The number of ether oxygens (including phenoxy) is 1. The van der Waals surface area contributed by atoms with Crippen LogP contribution in [0.25, 0.3) is 0 Å². The Balaban J connectivity index is 4.71. The van der Waals surface area contributed by atoms with Crippen LogP contribution >= 0.6 is 0 Å². The minimum Gasteiger partial charge on any atom is -0.462 e. The lowest BCUT2D eigenvalue weighted by Gasteiger charge is -2.24. The van der Waals surface area contributed by atoms with Crippen molar-refractivity contribution in [3.05, 3.63) is 85.1 Å². The standard InChI is InChI=1S/C57H99NO5/c1-4-7-10-13-16-19-22-25-27-28-30-32-35-38-41-44-47-50-57(62)63-53(48-45-42-39-36-33-31-29-26-23-20-17-14-11-8-5-2)51-56(61)58-54(52-59)55(60)49-46-43-40-37-34-24-21-18-15-12-9-6-3/h8,11,14,17,20,23,25-27,29,31,33,36,39,53-55,59-60H,4-7,9-10,12-13,15-16,18-19,21-22,24,28,30,32,34-35,37-38,40-52H2,1-3H3,(H,58,61)/b11-8-,17-14+,23-20+,27-25+,29-26-,33-31+,39-36+. The monoisotopic (exact) mass is 878 g/mol. The number of hydrogen-bond acceptors (Lipinski definition) is 5. The summed E-state index contributed by atoms with van der Waals surface area (Å²) in [6.07, 6.45) is 65.0. The molecule has 0 aromatic carbocycles. The number of carbonyl (C=O) groups is 2. The number of amides is 1. The Bertz CT molecular complexity index is 1210. The number of allylic oxidation sites excluding steroid dienone is 14. The van der Waals surface area contributed by atoms with Crippen molar-refractivity contribution in [1.82, 2.24) is 5.32 Å². The number of unbranched alkanes of at least 4 members (excludes halogenated alkanes) is 25. The van der Waals surface area contributed by atoms with Crippen molar-refractivity contribution in [2.75, 3.05) is 6.61 Å². The van der Waals surface area contributed by atoms with Crippen LogP contribution in [0.5, 0.6) is 0 Å². The van der Waals surface area contributed by atoms with E-state index in [1.165, 1.54) is 135 Å². The third-order valence-electron chi connectivity index (χ3n) is 11.6. The van der Waals surface area contributed by atoms with Gasteiger partial charge in [-0.05, 0) is 64.2 Å². The van der Waals surface area contributed by atoms with Crippen molar-refractivity contribution in [3.8, 4) is 0 Å². The van der Waals surface area contributed by atoms with Crippen LogP contribution in [0.15, 0.2) is 85.1 Å². The Morgan fingerprint density at radius 2 is 0.889 bits per heavy atom. The molecular weight excluding hydrogens is 779 g/mol. The van der Waals surface area contributed by atoms with E-state index in [0.29, 0.717) is 19.3 Å². The molecular formula is C57H99NO5. The van der Waals surface area contributed by atoms with Crippen LogP contribution in [0, 0.1) is 0 Å². The second-order valence-electron chi connectivity index (χ2n) is 17.7. The maximum atomic E-state index is 13.2. The molecule has 3 N–H and O–H groups in total. The summed E-state index contributed by atoms with van der Waals surface area (Å²) in [6.45, 7) is 6.31. The second-order valence-corrected chi connectivity index (χ2v) is 17.7. The maximum Gasteiger partial charge on any atom is 0.306 e. The summed E-state index contributed by atoms with van der Waals surface area (Å²) in [4.78, 5) is 26.2. The van der Waals surface area contributed by atoms with Crippen LogP contribution < -0.4 is 5.32 Å². The van der Waals surface area contributed by atoms with Gasteiger partial charge in [-0.15, -0.1) is 0 Å². The van der Waals surface area contributed by atoms with Crippen molar-refractivity contribution in [2.24, 2.45) is 0 Å². The zero-order valence-corrected chi connectivity index (χ0v) is 41.2. The average Bonchev–Trinajstić information content (AvgIpc) is 3.28. The van der Waals surface area contributed by atoms with Crippen molar-refractivity contribution in [3.63, 3.8) is 0 Å². The van der Waals surface area contributed by atoms with Gasteiger partial charge in [0, 0.05) is 6.42 Å². The number of nitrogens with one attached hydrogen (secondary N) is 1. The highest BCUT2D eigenvalue weighted by Crippen LogP contribution is 2.17. The number of rotatable bonds is 46. The Kier molecular flexibility index (Phi) is 47.7. The van der Waals surface area contributed by atoms with Gasteiger partial charge in [-0.2, -0.15) is 0 Å². The molecule has 0 rings (SSSR count). The van der Waals surface area contributed by atoms with Crippen molar-refractivity contribution in [2.45, 2.75) is 257 Å². The molecule has 362 valence electrons. The highest BCUT2D eigenvalue weighted by Gasteiger charge is 2.24. The number of aliphatic hydroxyl groups is 2. The number of carbonyl (C=O) groups excluding carboxylic acids is 2. The molecule has 0 aliphatic heterocycles. The number of hydrogen-bond donors (Lipinski definition) is 3. The smallest absolute Gasteiger partial charge is 0.306 e. The molecule has 0 heterocycles. The Hall–Kier alpha value is -2.96. The number of esters is 1. The molecule has 6 nitrogen and oxygen atoms in total. The molecule has 0 aromatic rings. The molecule has 6 heteroatoms. The quantitative estimate of drug-likeness (QED) is 0.0245. The molecule has 0 spiro atoms. The molecule has 0 bridgehead atoms. The summed E-state index contributed by atoms with van der Waals surface area (Å²) in [5.41, 5.74) is 0. The molecule has 0 saturated carbocycles. The summed E-state index contributed by atoms with van der Waals surface area (Å²) in [5.74, 6) is -0.556. The second kappa shape index (κ2) is 50.0. The van der Waals surface area contributed by atoms with Crippen LogP contribution in [0.4, 0.5) is 0 Å². The number of aliphatic hydroxyl groups excluding tert-OH is 2. The summed E-state index contributed by atoms with van der Waals surface area (Å²) in [5, 5.41) is 23.7. The first kappa shape index (κ1) is 60.0. The zero-order valence-electron chi connectivity index (χ0n) is 41.2. The predicted octanol–water partition coefficient (Wildman–Crippen LogP) is 16.0. The Morgan fingerprint density at radius 1 is 0.476 bits per heavy atom. The van der Waals surface area contributed by atoms with E-state index in [4.69, 9.17) is 4.74 Å². The molecule has 3 unspecified atom stereocenters. The minimum absolute atomic E-state index is 0.0216. The first-order chi connectivity index (χ1) is 31.0. The van der Waals surface area contributed by atoms with Crippen LogP contribution in [-0.4, -0.2) is 46.9 Å². The van der Waals surface area contributed by atoms with E-state index < -0.39 is 18.2 Å². The van der Waals surface area contributed by atoms with Crippen LogP contribution in [0.3, 0.4) is 0 Å². The van der Waals surface area contributed by atoms with Crippen molar-refractivity contribution in [1.29, 1.82) is 0 Å². The normalized spacial score (nSPS) is 13.9. The highest BCUT2D eigenvalue weighted by molar-refractivity contribution is 5.77. The molecule has 3 atom stereocenters. The molecule has 1 amide bonds. The van der Waals surface area contributed by atoms with Gasteiger partial charge in [0.05, 0.1) is 25.2 Å². The fourth-order valence-corrected chi connectivity index (χ4v) is 7.64. The van der Waals surface area contributed by atoms with E-state index in [1.807, 2.05) is 60.8 Å². The van der Waals surface area contributed by atoms with Gasteiger partial charge in [0.2, 0.25) is 5.91 Å². The SMILES string of the molecule is CC\C=C/C=C/C=C/C=C\C=C\C=C\CCCC(CC(=O)NC(CO)C(O)CCCCCCCCCCCCCC)OC(=O)CCCCCCCCC/C=C/CCCCCCCC. The van der Waals surface area contributed by atoms with Gasteiger partial charge < -0.3 is 20.3 Å². The van der Waals surface area contributed by atoms with Crippen LogP contribution in [-0.2, 0) is 14.3 Å². The third-order valence-corrected chi connectivity index (χ3v) is 11.6. The molecule has 0 aliphatic rings. The van der Waals surface area contributed by atoms with Gasteiger partial charge in [-0.1, -0.05) is 247 Å². The minimum atomic E-state index is -0.812. The van der Waals surface area contributed by atoms with E-state index in [9.17, 15) is 19.8 Å². The summed E-state index contributed by atoms with van der Waals surface area (Å²) in [6, 6.07) is -0.730. The van der Waals surface area contributed by atoms with Crippen LogP contribution in [0.1, 0.15) is 239 Å². The summed E-state index contributed by atoms with van der Waals surface area (Å²) < 4.78 is 5.90. The molecule has 0 aromatic heterocycles. The molecule has 0 fully saturated rings. The average molecular weight is 878 g/mol. The Morgan fingerprint density at radius 3 is 1.37 bits per heavy atom. The first-order valence-electron chi connectivity index (χ1n) is 26.4. The van der Waals surface area contributed by atoms with Gasteiger partial charge in [-0.3, -0.25) is 9.59 Å². The lowest BCUT2D eigenvalue weighted by atomic mass is 10.0. The summed E-state index contributed by atoms with van der Waals surface area (Å²) in [7, 11) is 0. The van der Waals surface area contributed by atoms with Gasteiger partial charge in [0.25, 0.3) is 0 Å². The van der Waals surface area contributed by atoms with E-state index in [-0.39, 0.29) is 24.9 Å². The van der Waals surface area contributed by atoms with Gasteiger partial charge in [-0.25, -0.2) is 0 Å². The largest absolute Gasteiger partial charge is 0.462 e. The predicted molar refractivity (Wildman–Crippen MR) is 273 cm³/mol. The van der Waals surface area contributed by atoms with Gasteiger partial charge in [0.1, 0.15) is 6.10 Å². The fraction of sp³-hybridized carbons (Fsp3) is 0.719. The van der Waals surface area contributed by atoms with Crippen molar-refractivity contribution >= 4 is 11.9 Å². The van der Waals surface area contributed by atoms with E-state index in [1.54, 1.807) is 0 Å². The lowest BCUT2D eigenvalue weighted by Crippen LogP contribution is -2.46. The van der Waals surface area contributed by atoms with Crippen molar-refractivity contribution < 1.29 is 24.5 Å². The molecule has 0 aliphatic carbocycles. The molecule has 0 saturated heterocycles. The van der Waals surface area contributed by atoms with E-state index >= 15 is 0 Å². The third kappa shape index (κ3) is 45.4. The van der Waals surface area contributed by atoms with Gasteiger partial charge in [0.15, 0.2) is 0 Å². The molecule has 63 heavy (non-hydrogen) atoms. The lowest BCUT2D eigenvalue weighted by molar-refractivity contribution is -0.151. The van der Waals surface area contributed by atoms with Crippen LogP contribution in [0.2, 0.25) is 0 Å². The first-order valence-corrected chi connectivity index (χ1v) is 26.4. The maximum absolute atomic E-state index is 13.2. The summed E-state index contributed by atoms with van der Waals surface area (Å²) >= 11 is 0. The fourth-order valence-electron chi connectivity index (χ4n) is 7.64. The Labute approximate surface area is 389 Å². The zero-order chi connectivity index (χ0) is 45.9. The van der Waals surface area contributed by atoms with Gasteiger partial charge >= 0.3 is 5.97 Å². The molecule has 0 radical (unpaired) electrons. The van der Waals surface area contributed by atoms with E-state index in [2.05, 4.69) is 50.4 Å². The topological polar surface area (TPSA) is 95.9 Å². The highest BCUT2D eigenvalue weighted by atomic mass is 16.5. The van der Waals surface area contributed by atoms with E-state index in [0.717, 1.165) is 57.8 Å².